The standard InChI is InChI=1S/C84H131N17O28S2.H3N/c1-7-50(4)59-36-56(103)41-90-75(110)53-34-60-58-14-15-69(121-6)61(74(58)100-81(60)131(120)48-65(96-71(108)42-91-76(59)111)79(114)98-64(38-70(86)107)82(116)101-44-57(104)37-66(101)80(115)99-73(67(105)35-53)51(5)68(106)45-102)47-130-32-31-128-30-29-127-28-27-126-26-25-125-24-23-124-22-21-123-20-19-122-18-17-88-39-54(85)40-92-84(118)129-46-52-10-12-55(13-11-52)94-77(112)62(9-8-16-89-83(87)117)97-78(113)63(33-49(2)3)95-72(109)43-93-119;/h10-15,39,49-51,53,57,59,62-66,68,73,88,93,100,102,104,106,119H,7-9,16-38,40-48,85H2,1-6H3,(H2,86,107)(H,90,110)(H,91,111)(H,92,118)(H,94,112)(H,95,109)(H,96,108)(H,97,113)(H,98,114)(H,99,115)(H3,87,89,117);1H3/b54-39-;/t50-,51-,53+,57+,59-,62+,63-,64-,65-,66-,68-,73-,131?;/m0./s1. The van der Waals surface area contributed by atoms with Crippen molar-refractivity contribution in [3.8, 4) is 5.75 Å². The van der Waals surface area contributed by atoms with Crippen molar-refractivity contribution in [3.05, 3.63) is 65.0 Å². The van der Waals surface area contributed by atoms with Crippen molar-refractivity contribution in [2.24, 2.45) is 46.8 Å². The number of Topliss-reactive ketones (excluding diaryl/α,β-unsaturated/α-hetero) is 2. The van der Waals surface area contributed by atoms with E-state index in [-0.39, 0.29) is 87.2 Å². The molecule has 132 heavy (non-hydrogen) atoms. The Labute approximate surface area is 772 Å². The quantitative estimate of drug-likeness (QED) is 0.0195. The summed E-state index contributed by atoms with van der Waals surface area (Å²) < 4.78 is 66.1. The van der Waals surface area contributed by atoms with Gasteiger partial charge in [0.15, 0.2) is 11.6 Å². The molecule has 6 rings (SSSR count). The number of alkyl carbamates (subject to hydrolysis) is 1. The lowest BCUT2D eigenvalue weighted by molar-refractivity contribution is -0.144. The lowest BCUT2D eigenvalue weighted by atomic mass is 9.85. The molecule has 13 amide bonds. The number of thioether (sulfide) groups is 1. The average Bonchev–Trinajstić information content (AvgIpc) is 1.61. The maximum Gasteiger partial charge on any atom is 0.407 e. The van der Waals surface area contributed by atoms with Gasteiger partial charge in [0.25, 0.3) is 0 Å². The molecule has 3 aliphatic heterocycles. The number of ether oxygens (including phenoxy) is 9. The van der Waals surface area contributed by atoms with Gasteiger partial charge >= 0.3 is 12.1 Å². The number of carbonyl (C=O) groups excluding carboxylic acids is 14. The summed E-state index contributed by atoms with van der Waals surface area (Å²) in [7, 11) is -0.988. The van der Waals surface area contributed by atoms with Crippen LogP contribution in [0.5, 0.6) is 5.75 Å². The molecule has 740 valence electrons. The van der Waals surface area contributed by atoms with Crippen LogP contribution in [0.1, 0.15) is 103 Å². The van der Waals surface area contributed by atoms with Crippen molar-refractivity contribution in [2.75, 3.05) is 169 Å². The van der Waals surface area contributed by atoms with E-state index < -0.39 is 236 Å². The van der Waals surface area contributed by atoms with Crippen molar-refractivity contribution in [3.63, 3.8) is 0 Å². The van der Waals surface area contributed by atoms with Crippen LogP contribution >= 0.6 is 11.8 Å². The summed E-state index contributed by atoms with van der Waals surface area (Å²) in [5.41, 5.74) is 20.9. The molecular weight excluding hydrogens is 1770 g/mol. The third kappa shape index (κ3) is 39.5. The number of hydroxylamine groups is 1. The minimum atomic E-state index is -2.43. The molecule has 48 heteroatoms. The average molecular weight is 1910 g/mol. The fourth-order valence-electron chi connectivity index (χ4n) is 14.2. The minimum Gasteiger partial charge on any atom is -0.496 e. The first-order valence-corrected chi connectivity index (χ1v) is 46.0. The van der Waals surface area contributed by atoms with Crippen molar-refractivity contribution in [1.82, 2.24) is 74.7 Å². The molecule has 0 aliphatic carbocycles. The maximum absolute atomic E-state index is 15.4. The Kier molecular flexibility index (Phi) is 51.6. The van der Waals surface area contributed by atoms with Crippen molar-refractivity contribution >= 4 is 122 Å². The Morgan fingerprint density at radius 3 is 1.94 bits per heavy atom. The van der Waals surface area contributed by atoms with Gasteiger partial charge in [-0.25, -0.2) is 9.59 Å². The number of hydrogen-bond acceptors (Lipinski definition) is 33. The van der Waals surface area contributed by atoms with Gasteiger partial charge in [0.2, 0.25) is 59.1 Å². The third-order valence-electron chi connectivity index (χ3n) is 21.4. The number of nitrogens with zero attached hydrogens (tertiary/aromatic N) is 1. The summed E-state index contributed by atoms with van der Waals surface area (Å²) in [4.78, 5) is 195. The van der Waals surface area contributed by atoms with Gasteiger partial charge in [-0.1, -0.05) is 53.2 Å². The van der Waals surface area contributed by atoms with E-state index in [1.165, 1.54) is 32.0 Å². The molecule has 0 saturated carbocycles. The topological polar surface area (TPSA) is 696 Å². The highest BCUT2D eigenvalue weighted by atomic mass is 32.2. The number of methoxy groups -OCH3 is 1. The molecule has 1 fully saturated rings. The van der Waals surface area contributed by atoms with E-state index in [4.69, 9.17) is 65.0 Å². The van der Waals surface area contributed by atoms with Gasteiger partial charge in [-0.15, -0.1) is 0 Å². The Morgan fingerprint density at radius 1 is 0.712 bits per heavy atom. The van der Waals surface area contributed by atoms with Gasteiger partial charge in [0, 0.05) is 96.7 Å². The smallest absolute Gasteiger partial charge is 0.407 e. The second-order valence-corrected chi connectivity index (χ2v) is 34.4. The largest absolute Gasteiger partial charge is 0.496 e. The number of amides is 13. The van der Waals surface area contributed by atoms with Crippen molar-refractivity contribution in [2.45, 2.75) is 158 Å². The maximum atomic E-state index is 15.4. The Bertz CT molecular complexity index is 4290. The van der Waals surface area contributed by atoms with Crippen molar-refractivity contribution < 1.29 is 134 Å². The van der Waals surface area contributed by atoms with E-state index in [0.29, 0.717) is 131 Å². The van der Waals surface area contributed by atoms with Gasteiger partial charge in [0.05, 0.1) is 179 Å². The van der Waals surface area contributed by atoms with Gasteiger partial charge < -0.3 is 155 Å². The number of carbonyl (C=O) groups is 14. The lowest BCUT2D eigenvalue weighted by Gasteiger charge is -2.32. The number of anilines is 1. The van der Waals surface area contributed by atoms with E-state index >= 15 is 9.00 Å². The normalized spacial score (nSPS) is 20.3. The van der Waals surface area contributed by atoms with Crippen LogP contribution in [0, 0.1) is 29.6 Å². The molecule has 2 aromatic carbocycles. The summed E-state index contributed by atoms with van der Waals surface area (Å²) in [6.45, 7) is 10.2. The molecule has 2 bridgehead atoms. The Morgan fingerprint density at radius 2 is 1.34 bits per heavy atom. The third-order valence-corrected chi connectivity index (χ3v) is 23.8. The number of hydrogen-bond donors (Lipinski definition) is 21. The molecule has 0 radical (unpaired) electrons. The summed E-state index contributed by atoms with van der Waals surface area (Å²) >= 11 is 1.44. The van der Waals surface area contributed by atoms with E-state index in [1.807, 2.05) is 13.8 Å². The summed E-state index contributed by atoms with van der Waals surface area (Å²) in [6, 6.07) is -0.124. The molecule has 13 atom stereocenters. The number of aliphatic hydroxyl groups excluding tert-OH is 3. The molecule has 1 unspecified atom stereocenters. The molecule has 1 saturated heterocycles. The number of benzene rings is 2. The van der Waals surface area contributed by atoms with Gasteiger partial charge in [-0.05, 0) is 72.9 Å². The monoisotopic (exact) mass is 1910 g/mol. The first-order valence-electron chi connectivity index (χ1n) is 43.5. The fourth-order valence-corrected chi connectivity index (χ4v) is 16.4. The molecule has 0 spiro atoms. The Balaban J connectivity index is 0.0000308. The first-order chi connectivity index (χ1) is 62.7. The number of urea groups is 1. The number of fused-ring (bicyclic) bond motifs is 5. The zero-order chi connectivity index (χ0) is 95.9. The van der Waals surface area contributed by atoms with Gasteiger partial charge in [-0.2, -0.15) is 17.2 Å². The summed E-state index contributed by atoms with van der Waals surface area (Å²) in [5.74, 6) is -14.2. The van der Waals surface area contributed by atoms with E-state index in [9.17, 15) is 77.6 Å². The highest BCUT2D eigenvalue weighted by Crippen LogP contribution is 2.38. The number of rotatable bonds is 52. The van der Waals surface area contributed by atoms with Crippen LogP contribution in [-0.2, 0) is 125 Å². The number of aromatic amines is 1. The van der Waals surface area contributed by atoms with Gasteiger partial charge in [0.1, 0.15) is 47.6 Å². The Hall–Kier alpha value is -10.3. The minimum absolute atomic E-state index is 0. The van der Waals surface area contributed by atoms with Crippen LogP contribution in [0.4, 0.5) is 15.3 Å². The zero-order valence-corrected chi connectivity index (χ0v) is 77.2. The number of nitrogens with one attached hydrogen (secondary N) is 13. The molecule has 3 aromatic rings. The van der Waals surface area contributed by atoms with Crippen LogP contribution in [0.25, 0.3) is 10.9 Å². The molecule has 3 aliphatic rings. The number of H-pyrrole nitrogens is 1. The number of ketones is 2. The van der Waals surface area contributed by atoms with Crippen LogP contribution < -0.4 is 92.1 Å². The fraction of sp³-hybridized carbons (Fsp3) is 0.643. The predicted octanol–water partition coefficient (Wildman–Crippen LogP) is -3.23. The summed E-state index contributed by atoms with van der Waals surface area (Å²) in [5, 5.41) is 70.0. The first kappa shape index (κ1) is 112. The lowest BCUT2D eigenvalue weighted by Crippen LogP contribution is -2.60. The van der Waals surface area contributed by atoms with Crippen LogP contribution in [-0.4, -0.2) is 329 Å². The molecule has 1 aromatic heterocycles. The number of nitrogens with two attached hydrogens (primary N) is 3. The van der Waals surface area contributed by atoms with E-state index in [0.717, 1.165) is 4.90 Å². The summed E-state index contributed by atoms with van der Waals surface area (Å²) in [6.07, 6.45) is -4.03. The molecule has 46 nitrogen and oxygen atoms in total. The molecule has 26 N–H and O–H groups in total. The number of primary amides is 2. The van der Waals surface area contributed by atoms with Crippen LogP contribution in [0.2, 0.25) is 0 Å². The second kappa shape index (κ2) is 60.8. The van der Waals surface area contributed by atoms with Crippen molar-refractivity contribution in [1.29, 1.82) is 0 Å². The highest BCUT2D eigenvalue weighted by Gasteiger charge is 2.46. The van der Waals surface area contributed by atoms with Crippen LogP contribution in [0.15, 0.2) is 53.3 Å². The molecule has 4 heterocycles. The number of aliphatic hydroxyl groups is 3. The van der Waals surface area contributed by atoms with E-state index in [1.54, 1.807) is 55.7 Å². The van der Waals surface area contributed by atoms with E-state index in [2.05, 4.69) is 63.5 Å². The van der Waals surface area contributed by atoms with Crippen LogP contribution in [0.3, 0.4) is 0 Å². The molecular formula is C84H134N18O28S2. The SMILES string of the molecule is CC[C@H](C)[C@@H]1CC(=O)CNC(=O)[C@H]2CC(=O)[C@H]([C@@H](C)[C@@H](O)CO)NC(=O)[C@@H]3C[C@@H](O)CN3C(=O)[C@H](CC(N)=O)NC(=O)[C@H](CS(=O)c3[nH]c4c(CSCCOCCOCCOCCOCCOCCOCCOCCN/C=C(\N)CNC(=O)OCc5ccc(NC(=O)[C@@H](CCCNC(N)=O)NC(=O)[C@H](CC(C)C)NC(=O)CNO)cc5)c(OC)ccc4c3C2)NC(=O)CNC1=O.N. The number of aromatic nitrogens is 1. The second-order valence-electron chi connectivity index (χ2n) is 31.9. The zero-order valence-electron chi connectivity index (χ0n) is 75.6. The predicted molar refractivity (Wildman–Crippen MR) is 480 cm³/mol. The highest BCUT2D eigenvalue weighted by molar-refractivity contribution is 7.98. The van der Waals surface area contributed by atoms with Gasteiger partial charge in [-0.3, -0.25) is 61.7 Å².